The van der Waals surface area contributed by atoms with Crippen LogP contribution in [0.2, 0.25) is 10.0 Å². The molecule has 0 saturated heterocycles. The lowest BCUT2D eigenvalue weighted by atomic mass is 9.87. The number of amides is 1. The molecule has 0 heterocycles. The van der Waals surface area contributed by atoms with E-state index >= 15 is 0 Å². The Bertz CT molecular complexity index is 518. The summed E-state index contributed by atoms with van der Waals surface area (Å²) in [5.41, 5.74) is 5.48. The first-order chi connectivity index (χ1) is 10.1. The first kappa shape index (κ1) is 19.0. The lowest BCUT2D eigenvalue weighted by Crippen LogP contribution is -2.50. The summed E-state index contributed by atoms with van der Waals surface area (Å²) < 4.78 is 5.39. The smallest absolute Gasteiger partial charge is 0.237 e. The second-order valence-electron chi connectivity index (χ2n) is 6.11. The van der Waals surface area contributed by atoms with Gasteiger partial charge in [0.25, 0.3) is 0 Å². The van der Waals surface area contributed by atoms with E-state index in [1.807, 2.05) is 20.8 Å². The second kappa shape index (κ2) is 8.02. The van der Waals surface area contributed by atoms with E-state index in [2.05, 4.69) is 5.32 Å². The maximum Gasteiger partial charge on any atom is 0.237 e. The molecule has 0 aromatic heterocycles. The minimum atomic E-state index is -0.883. The first-order valence-electron chi connectivity index (χ1n) is 6.91. The van der Waals surface area contributed by atoms with Crippen LogP contribution in [-0.4, -0.2) is 36.3 Å². The van der Waals surface area contributed by atoms with Gasteiger partial charge in [-0.25, -0.2) is 0 Å². The van der Waals surface area contributed by atoms with Gasteiger partial charge in [0.2, 0.25) is 5.91 Å². The Morgan fingerprint density at radius 3 is 2.64 bits per heavy atom. The standard InChI is InChI=1S/C15H22Cl2N2O3/c1-15(2,3)13(18)14(21)19-7-9(20)8-22-11-6-4-5-10(16)12(11)17/h4-6,9,13,20H,7-8,18H2,1-3H3,(H,19,21)/t9?,13-/m1/s1. The number of hydrogen-bond acceptors (Lipinski definition) is 4. The van der Waals surface area contributed by atoms with E-state index < -0.39 is 12.1 Å². The molecule has 1 amide bonds. The molecule has 1 aromatic carbocycles. The molecule has 0 aliphatic rings. The molecule has 4 N–H and O–H groups in total. The van der Waals surface area contributed by atoms with Crippen molar-refractivity contribution in [1.82, 2.24) is 5.32 Å². The molecule has 2 atom stereocenters. The van der Waals surface area contributed by atoms with Crippen LogP contribution < -0.4 is 15.8 Å². The molecular weight excluding hydrogens is 327 g/mol. The van der Waals surface area contributed by atoms with Crippen molar-refractivity contribution in [3.63, 3.8) is 0 Å². The van der Waals surface area contributed by atoms with Crippen LogP contribution in [-0.2, 0) is 4.79 Å². The van der Waals surface area contributed by atoms with E-state index in [0.717, 1.165) is 0 Å². The van der Waals surface area contributed by atoms with Crippen LogP contribution in [0.4, 0.5) is 0 Å². The van der Waals surface area contributed by atoms with Crippen LogP contribution in [0, 0.1) is 5.41 Å². The van der Waals surface area contributed by atoms with Crippen molar-refractivity contribution >= 4 is 29.1 Å². The molecule has 1 aromatic rings. The summed E-state index contributed by atoms with van der Waals surface area (Å²) in [5, 5.41) is 13.1. The number of ether oxygens (including phenoxy) is 1. The Morgan fingerprint density at radius 2 is 2.05 bits per heavy atom. The highest BCUT2D eigenvalue weighted by Gasteiger charge is 2.27. The number of carbonyl (C=O) groups excluding carboxylic acids is 1. The minimum Gasteiger partial charge on any atom is -0.489 e. The third-order valence-electron chi connectivity index (χ3n) is 3.07. The SMILES string of the molecule is CC(C)(C)[C@H](N)C(=O)NCC(O)COc1cccc(Cl)c1Cl. The van der Waals surface area contributed by atoms with Gasteiger partial charge in [-0.1, -0.05) is 50.0 Å². The Labute approximate surface area is 140 Å². The zero-order valence-electron chi connectivity index (χ0n) is 12.9. The van der Waals surface area contributed by atoms with Crippen molar-refractivity contribution in [1.29, 1.82) is 0 Å². The molecule has 124 valence electrons. The molecule has 7 heteroatoms. The van der Waals surface area contributed by atoms with Crippen LogP contribution in [0.15, 0.2) is 18.2 Å². The summed E-state index contributed by atoms with van der Waals surface area (Å²) >= 11 is 11.8. The van der Waals surface area contributed by atoms with E-state index in [0.29, 0.717) is 10.8 Å². The highest BCUT2D eigenvalue weighted by atomic mass is 35.5. The normalized spacial score (nSPS) is 14.3. The molecule has 0 spiro atoms. The Balaban J connectivity index is 2.43. The van der Waals surface area contributed by atoms with Crippen LogP contribution in [0.3, 0.4) is 0 Å². The van der Waals surface area contributed by atoms with Crippen molar-refractivity contribution in [3.05, 3.63) is 28.2 Å². The molecule has 0 aliphatic heterocycles. The highest BCUT2D eigenvalue weighted by Crippen LogP contribution is 2.31. The summed E-state index contributed by atoms with van der Waals surface area (Å²) in [6.07, 6.45) is -0.883. The zero-order chi connectivity index (χ0) is 16.9. The number of nitrogens with two attached hydrogens (primary N) is 1. The van der Waals surface area contributed by atoms with Gasteiger partial charge in [-0.15, -0.1) is 0 Å². The molecule has 5 nitrogen and oxygen atoms in total. The minimum absolute atomic E-state index is 0.0227. The first-order valence-corrected chi connectivity index (χ1v) is 7.66. The fourth-order valence-electron chi connectivity index (χ4n) is 1.56. The second-order valence-corrected chi connectivity index (χ2v) is 6.89. The number of hydrogen-bond donors (Lipinski definition) is 3. The number of benzene rings is 1. The average molecular weight is 349 g/mol. The summed E-state index contributed by atoms with van der Waals surface area (Å²) in [6.45, 7) is 5.64. The Hall–Kier alpha value is -1.01. The van der Waals surface area contributed by atoms with Crippen LogP contribution in [0.1, 0.15) is 20.8 Å². The molecular formula is C15H22Cl2N2O3. The van der Waals surface area contributed by atoms with Gasteiger partial charge < -0.3 is 20.9 Å². The fraction of sp³-hybridized carbons (Fsp3) is 0.533. The molecule has 1 unspecified atom stereocenters. The lowest BCUT2D eigenvalue weighted by molar-refractivity contribution is -0.125. The molecule has 0 saturated carbocycles. The van der Waals surface area contributed by atoms with E-state index in [-0.39, 0.29) is 29.5 Å². The predicted molar refractivity (Wildman–Crippen MR) is 88.4 cm³/mol. The van der Waals surface area contributed by atoms with Crippen LogP contribution in [0.25, 0.3) is 0 Å². The van der Waals surface area contributed by atoms with Gasteiger partial charge in [-0.05, 0) is 17.5 Å². The largest absolute Gasteiger partial charge is 0.489 e. The topological polar surface area (TPSA) is 84.6 Å². The van der Waals surface area contributed by atoms with Crippen molar-refractivity contribution in [2.24, 2.45) is 11.1 Å². The van der Waals surface area contributed by atoms with E-state index in [9.17, 15) is 9.90 Å². The van der Waals surface area contributed by atoms with Gasteiger partial charge >= 0.3 is 0 Å². The van der Waals surface area contributed by atoms with Gasteiger partial charge in [0.05, 0.1) is 11.1 Å². The maximum absolute atomic E-state index is 11.8. The quantitative estimate of drug-likeness (QED) is 0.735. The highest BCUT2D eigenvalue weighted by molar-refractivity contribution is 6.42. The van der Waals surface area contributed by atoms with E-state index in [4.69, 9.17) is 33.7 Å². The third kappa shape index (κ3) is 5.65. The number of carbonyl (C=O) groups is 1. The van der Waals surface area contributed by atoms with Crippen molar-refractivity contribution in [2.45, 2.75) is 32.9 Å². The Kier molecular flexibility index (Phi) is 6.94. The molecule has 0 radical (unpaired) electrons. The summed E-state index contributed by atoms with van der Waals surface area (Å²) in [5.74, 6) is 0.0678. The maximum atomic E-state index is 11.8. The van der Waals surface area contributed by atoms with Crippen LogP contribution >= 0.6 is 23.2 Å². The van der Waals surface area contributed by atoms with Crippen molar-refractivity contribution in [3.8, 4) is 5.75 Å². The zero-order valence-corrected chi connectivity index (χ0v) is 14.4. The predicted octanol–water partition coefficient (Wildman–Crippen LogP) is 2.22. The number of halogens is 2. The third-order valence-corrected chi connectivity index (χ3v) is 3.88. The summed E-state index contributed by atoms with van der Waals surface area (Å²) in [7, 11) is 0. The molecule has 0 bridgehead atoms. The van der Waals surface area contributed by atoms with Crippen molar-refractivity contribution < 1.29 is 14.6 Å². The van der Waals surface area contributed by atoms with Gasteiger partial charge in [-0.2, -0.15) is 0 Å². The Morgan fingerprint density at radius 1 is 1.41 bits per heavy atom. The van der Waals surface area contributed by atoms with Gasteiger partial charge in [-0.3, -0.25) is 4.79 Å². The average Bonchev–Trinajstić information content (AvgIpc) is 2.44. The molecule has 0 fully saturated rings. The number of nitrogens with one attached hydrogen (secondary N) is 1. The molecule has 1 rings (SSSR count). The summed E-state index contributed by atoms with van der Waals surface area (Å²) in [4.78, 5) is 11.8. The van der Waals surface area contributed by atoms with Gasteiger partial charge in [0, 0.05) is 6.54 Å². The molecule has 0 aliphatic carbocycles. The lowest BCUT2D eigenvalue weighted by Gasteiger charge is -2.26. The fourth-order valence-corrected chi connectivity index (χ4v) is 1.91. The monoisotopic (exact) mass is 348 g/mol. The van der Waals surface area contributed by atoms with Crippen LogP contribution in [0.5, 0.6) is 5.75 Å². The van der Waals surface area contributed by atoms with E-state index in [1.54, 1.807) is 18.2 Å². The van der Waals surface area contributed by atoms with Gasteiger partial charge in [0.15, 0.2) is 0 Å². The van der Waals surface area contributed by atoms with E-state index in [1.165, 1.54) is 0 Å². The summed E-state index contributed by atoms with van der Waals surface area (Å²) in [6, 6.07) is 4.33. The number of aliphatic hydroxyl groups is 1. The number of aliphatic hydroxyl groups excluding tert-OH is 1. The molecule has 22 heavy (non-hydrogen) atoms. The van der Waals surface area contributed by atoms with Crippen molar-refractivity contribution in [2.75, 3.05) is 13.2 Å². The van der Waals surface area contributed by atoms with Gasteiger partial charge in [0.1, 0.15) is 23.5 Å². The number of rotatable bonds is 6.